The van der Waals surface area contributed by atoms with Crippen LogP contribution in [0.25, 0.3) is 0 Å². The molecule has 19 heavy (non-hydrogen) atoms. The molecular formula is C11H17N5OS2. The first-order valence-corrected chi connectivity index (χ1v) is 7.92. The summed E-state index contributed by atoms with van der Waals surface area (Å²) in [5, 5.41) is 10.0. The van der Waals surface area contributed by atoms with Gasteiger partial charge in [-0.3, -0.25) is 0 Å². The number of hydrogen-bond acceptors (Lipinski definition) is 8. The van der Waals surface area contributed by atoms with Crippen molar-refractivity contribution in [2.24, 2.45) is 0 Å². The lowest BCUT2D eigenvalue weighted by Crippen LogP contribution is -2.07. The molecule has 0 saturated carbocycles. The maximum absolute atomic E-state index is 5.02. The van der Waals surface area contributed by atoms with Crippen LogP contribution in [0, 0.1) is 6.92 Å². The molecule has 0 saturated heterocycles. The summed E-state index contributed by atoms with van der Waals surface area (Å²) >= 11 is 3.11. The molecule has 0 aliphatic heterocycles. The standard InChI is InChI=1S/C11H17N5OS2/c1-8-9(7-14-17-8)3-5-18-6-4-13-11-10(12-2)15-19-16-11/h7H,3-6H2,1-2H3,(H,12,15)(H,13,16). The highest BCUT2D eigenvalue weighted by molar-refractivity contribution is 7.99. The van der Waals surface area contributed by atoms with Crippen LogP contribution in [0.1, 0.15) is 11.3 Å². The van der Waals surface area contributed by atoms with Crippen LogP contribution in [0.4, 0.5) is 11.6 Å². The highest BCUT2D eigenvalue weighted by atomic mass is 32.2. The smallest absolute Gasteiger partial charge is 0.184 e. The van der Waals surface area contributed by atoms with Gasteiger partial charge < -0.3 is 15.2 Å². The SMILES string of the molecule is CNc1nsnc1NCCSCCc1cnoc1C. The molecule has 2 aromatic heterocycles. The predicted octanol–water partition coefficient (Wildman–Crippen LogP) is 2.26. The predicted molar refractivity (Wildman–Crippen MR) is 80.2 cm³/mol. The lowest BCUT2D eigenvalue weighted by Gasteiger charge is -2.04. The molecule has 0 spiro atoms. The van der Waals surface area contributed by atoms with Gasteiger partial charge in [0.2, 0.25) is 0 Å². The maximum atomic E-state index is 5.02. The zero-order valence-electron chi connectivity index (χ0n) is 11.0. The Bertz CT molecular complexity index is 499. The molecule has 8 heteroatoms. The summed E-state index contributed by atoms with van der Waals surface area (Å²) in [5.74, 6) is 4.67. The first kappa shape index (κ1) is 14.1. The average Bonchev–Trinajstić information content (AvgIpc) is 3.02. The van der Waals surface area contributed by atoms with Gasteiger partial charge in [0.1, 0.15) is 5.76 Å². The Kier molecular flexibility index (Phi) is 5.46. The van der Waals surface area contributed by atoms with E-state index in [-0.39, 0.29) is 0 Å². The molecular weight excluding hydrogens is 282 g/mol. The zero-order chi connectivity index (χ0) is 13.5. The summed E-state index contributed by atoms with van der Waals surface area (Å²) in [5.41, 5.74) is 1.20. The van der Waals surface area contributed by atoms with Crippen LogP contribution < -0.4 is 10.6 Å². The molecule has 0 fully saturated rings. The van der Waals surface area contributed by atoms with Crippen molar-refractivity contribution >= 4 is 35.1 Å². The molecule has 2 aromatic rings. The summed E-state index contributed by atoms with van der Waals surface area (Å²) in [7, 11) is 1.85. The van der Waals surface area contributed by atoms with Crippen LogP contribution in [0.15, 0.2) is 10.7 Å². The van der Waals surface area contributed by atoms with Gasteiger partial charge in [-0.05, 0) is 19.1 Å². The average molecular weight is 299 g/mol. The Morgan fingerprint density at radius 1 is 1.32 bits per heavy atom. The van der Waals surface area contributed by atoms with Crippen molar-refractivity contribution in [3.8, 4) is 0 Å². The van der Waals surface area contributed by atoms with Crippen LogP contribution >= 0.6 is 23.5 Å². The van der Waals surface area contributed by atoms with Crippen LogP contribution in [0.5, 0.6) is 0 Å². The molecule has 6 nitrogen and oxygen atoms in total. The van der Waals surface area contributed by atoms with Crippen molar-refractivity contribution in [3.05, 3.63) is 17.5 Å². The van der Waals surface area contributed by atoms with E-state index in [1.807, 2.05) is 25.7 Å². The van der Waals surface area contributed by atoms with E-state index in [9.17, 15) is 0 Å². The number of hydrogen-bond donors (Lipinski definition) is 2. The summed E-state index contributed by atoms with van der Waals surface area (Å²) in [4.78, 5) is 0. The van der Waals surface area contributed by atoms with Crippen molar-refractivity contribution in [1.82, 2.24) is 13.9 Å². The van der Waals surface area contributed by atoms with Crippen molar-refractivity contribution < 1.29 is 4.52 Å². The van der Waals surface area contributed by atoms with Gasteiger partial charge >= 0.3 is 0 Å². The Hall–Kier alpha value is -1.28. The fraction of sp³-hybridized carbons (Fsp3) is 0.545. The van der Waals surface area contributed by atoms with Gasteiger partial charge in [-0.25, -0.2) is 0 Å². The highest BCUT2D eigenvalue weighted by Gasteiger charge is 2.05. The Morgan fingerprint density at radius 2 is 2.16 bits per heavy atom. The second-order valence-corrected chi connectivity index (χ2v) is 5.66. The molecule has 2 N–H and O–H groups in total. The van der Waals surface area contributed by atoms with Gasteiger partial charge in [-0.1, -0.05) is 5.16 Å². The third-order valence-electron chi connectivity index (χ3n) is 2.63. The molecule has 0 atom stereocenters. The molecule has 0 amide bonds. The largest absolute Gasteiger partial charge is 0.369 e. The Morgan fingerprint density at radius 3 is 2.89 bits per heavy atom. The monoisotopic (exact) mass is 299 g/mol. The number of anilines is 2. The number of nitrogens with zero attached hydrogens (tertiary/aromatic N) is 3. The van der Waals surface area contributed by atoms with Crippen LogP contribution in [0.2, 0.25) is 0 Å². The van der Waals surface area contributed by atoms with E-state index < -0.39 is 0 Å². The van der Waals surface area contributed by atoms with E-state index in [1.165, 1.54) is 17.3 Å². The number of thioether (sulfide) groups is 1. The molecule has 0 unspecified atom stereocenters. The molecule has 0 aliphatic carbocycles. The second kappa shape index (κ2) is 7.34. The summed E-state index contributed by atoms with van der Waals surface area (Å²) < 4.78 is 13.3. The van der Waals surface area contributed by atoms with Crippen LogP contribution in [0.3, 0.4) is 0 Å². The first-order chi connectivity index (χ1) is 9.31. The van der Waals surface area contributed by atoms with Gasteiger partial charge in [0.25, 0.3) is 0 Å². The van der Waals surface area contributed by atoms with E-state index >= 15 is 0 Å². The fourth-order valence-corrected chi connectivity index (χ4v) is 2.90. The van der Waals surface area contributed by atoms with Gasteiger partial charge in [0.15, 0.2) is 11.6 Å². The number of rotatable bonds is 8. The van der Waals surface area contributed by atoms with Crippen molar-refractivity contribution in [2.45, 2.75) is 13.3 Å². The van der Waals surface area contributed by atoms with Gasteiger partial charge in [0.05, 0.1) is 17.9 Å². The maximum Gasteiger partial charge on any atom is 0.184 e. The Balaban J connectivity index is 1.59. The number of nitrogens with one attached hydrogen (secondary N) is 2. The summed E-state index contributed by atoms with van der Waals surface area (Å²) in [6.07, 6.45) is 2.80. The molecule has 2 heterocycles. The molecule has 104 valence electrons. The van der Waals surface area contributed by atoms with Gasteiger partial charge in [0, 0.05) is 24.9 Å². The van der Waals surface area contributed by atoms with Crippen molar-refractivity contribution in [3.63, 3.8) is 0 Å². The third-order valence-corrected chi connectivity index (χ3v) is 4.14. The lowest BCUT2D eigenvalue weighted by molar-refractivity contribution is 0.396. The second-order valence-electron chi connectivity index (χ2n) is 3.91. The molecule has 2 rings (SSSR count). The molecule has 0 radical (unpaired) electrons. The normalized spacial score (nSPS) is 10.6. The minimum atomic E-state index is 0.815. The Labute approximate surface area is 120 Å². The first-order valence-electron chi connectivity index (χ1n) is 6.03. The van der Waals surface area contributed by atoms with E-state index in [0.717, 1.165) is 41.9 Å². The molecule has 0 aliphatic rings. The fourth-order valence-electron chi connectivity index (χ4n) is 1.55. The molecule has 0 bridgehead atoms. The summed E-state index contributed by atoms with van der Waals surface area (Å²) in [6.45, 7) is 2.83. The van der Waals surface area contributed by atoms with Crippen molar-refractivity contribution in [1.29, 1.82) is 0 Å². The van der Waals surface area contributed by atoms with Gasteiger partial charge in [-0.2, -0.15) is 20.5 Å². The van der Waals surface area contributed by atoms with E-state index in [1.54, 1.807) is 6.20 Å². The topological polar surface area (TPSA) is 75.9 Å². The minimum absolute atomic E-state index is 0.815. The van der Waals surface area contributed by atoms with E-state index in [0.29, 0.717) is 0 Å². The summed E-state index contributed by atoms with van der Waals surface area (Å²) in [6, 6.07) is 0. The van der Waals surface area contributed by atoms with E-state index in [2.05, 4.69) is 24.5 Å². The third kappa shape index (κ3) is 4.10. The van der Waals surface area contributed by atoms with Gasteiger partial charge in [-0.15, -0.1) is 0 Å². The van der Waals surface area contributed by atoms with Crippen molar-refractivity contribution in [2.75, 3.05) is 35.7 Å². The number of aromatic nitrogens is 3. The molecule has 0 aromatic carbocycles. The zero-order valence-corrected chi connectivity index (χ0v) is 12.6. The lowest BCUT2D eigenvalue weighted by atomic mass is 10.2. The quantitative estimate of drug-likeness (QED) is 0.724. The van der Waals surface area contributed by atoms with Crippen LogP contribution in [-0.2, 0) is 6.42 Å². The highest BCUT2D eigenvalue weighted by Crippen LogP contribution is 2.17. The number of aryl methyl sites for hydroxylation is 2. The van der Waals surface area contributed by atoms with Crippen LogP contribution in [-0.4, -0.2) is 39.0 Å². The minimum Gasteiger partial charge on any atom is -0.369 e. The van der Waals surface area contributed by atoms with E-state index in [4.69, 9.17) is 4.52 Å².